The number of aryl methyl sites for hydroxylation is 2. The van der Waals surface area contributed by atoms with Crippen molar-refractivity contribution < 1.29 is 9.59 Å². The van der Waals surface area contributed by atoms with Gasteiger partial charge < -0.3 is 10.6 Å². The molecular weight excluding hydrogens is 400 g/mol. The van der Waals surface area contributed by atoms with Crippen LogP contribution in [0.5, 0.6) is 0 Å². The number of aromatic nitrogens is 2. The van der Waals surface area contributed by atoms with Gasteiger partial charge in [0, 0.05) is 30.8 Å². The van der Waals surface area contributed by atoms with Gasteiger partial charge in [-0.05, 0) is 50.5 Å². The van der Waals surface area contributed by atoms with Crippen LogP contribution in [0.4, 0.5) is 5.69 Å². The third kappa shape index (κ3) is 3.75. The number of hydrogen-bond acceptors (Lipinski definition) is 5. The molecule has 1 aromatic carbocycles. The van der Waals surface area contributed by atoms with E-state index in [9.17, 15) is 14.4 Å². The first-order chi connectivity index (χ1) is 14.5. The molecule has 0 radical (unpaired) electrons. The monoisotopic (exact) mass is 424 g/mol. The van der Waals surface area contributed by atoms with Gasteiger partial charge in [0.1, 0.15) is 10.7 Å². The van der Waals surface area contributed by atoms with E-state index < -0.39 is 0 Å². The topological polar surface area (TPSA) is 93.1 Å². The van der Waals surface area contributed by atoms with Crippen LogP contribution in [0, 0.1) is 6.92 Å². The lowest BCUT2D eigenvalue weighted by atomic mass is 10.1. The van der Waals surface area contributed by atoms with Gasteiger partial charge in [0.05, 0.1) is 10.3 Å². The van der Waals surface area contributed by atoms with Gasteiger partial charge in [-0.15, -0.1) is 11.3 Å². The highest BCUT2D eigenvalue weighted by Gasteiger charge is 2.22. The van der Waals surface area contributed by atoms with Crippen molar-refractivity contribution in [2.45, 2.75) is 46.1 Å². The molecule has 30 heavy (non-hydrogen) atoms. The number of nitrogens with one attached hydrogen (secondary N) is 2. The Bertz CT molecular complexity index is 1200. The third-order valence-electron chi connectivity index (χ3n) is 5.34. The zero-order valence-electron chi connectivity index (χ0n) is 17.1. The van der Waals surface area contributed by atoms with Crippen LogP contribution in [-0.2, 0) is 13.0 Å². The van der Waals surface area contributed by atoms with Gasteiger partial charge in [-0.3, -0.25) is 19.0 Å². The number of nitrogens with zero attached hydrogens (tertiary/aromatic N) is 2. The molecule has 3 aromatic rings. The van der Waals surface area contributed by atoms with Gasteiger partial charge >= 0.3 is 0 Å². The Hall–Kier alpha value is -3.00. The summed E-state index contributed by atoms with van der Waals surface area (Å²) in [5, 5.41) is 6.13. The largest absolute Gasteiger partial charge is 0.352 e. The van der Waals surface area contributed by atoms with Crippen molar-refractivity contribution in [1.29, 1.82) is 0 Å². The van der Waals surface area contributed by atoms with Crippen molar-refractivity contribution in [2.75, 3.05) is 11.9 Å². The van der Waals surface area contributed by atoms with Crippen molar-refractivity contribution in [3.05, 3.63) is 56.4 Å². The van der Waals surface area contributed by atoms with Crippen LogP contribution in [-0.4, -0.2) is 27.9 Å². The number of thiophene rings is 1. The Morgan fingerprint density at radius 2 is 2.03 bits per heavy atom. The van der Waals surface area contributed by atoms with Gasteiger partial charge in [0.2, 0.25) is 0 Å². The highest BCUT2D eigenvalue weighted by molar-refractivity contribution is 7.20. The summed E-state index contributed by atoms with van der Waals surface area (Å²) in [6.07, 6.45) is 3.88. The molecule has 2 aromatic heterocycles. The second kappa shape index (κ2) is 8.39. The van der Waals surface area contributed by atoms with Gasteiger partial charge in [-0.1, -0.05) is 12.5 Å². The predicted molar refractivity (Wildman–Crippen MR) is 119 cm³/mol. The molecule has 156 valence electrons. The van der Waals surface area contributed by atoms with Crippen molar-refractivity contribution in [3.8, 4) is 0 Å². The Kier molecular flexibility index (Phi) is 5.67. The van der Waals surface area contributed by atoms with Crippen molar-refractivity contribution in [1.82, 2.24) is 14.9 Å². The standard InChI is InChI=1S/C22H24N4O3S/c1-3-23-19(27)14-8-7-9-15(12-14)24-20(28)18-13(2)17-21(30-18)25-16-10-5-4-6-11-26(16)22(17)29/h7-9,12H,3-6,10-11H2,1-2H3,(H,23,27)(H,24,28). The molecule has 1 aliphatic heterocycles. The minimum atomic E-state index is -0.303. The molecule has 0 saturated heterocycles. The maximum Gasteiger partial charge on any atom is 0.266 e. The lowest BCUT2D eigenvalue weighted by molar-refractivity contribution is 0.0954. The van der Waals surface area contributed by atoms with E-state index in [1.807, 2.05) is 6.92 Å². The summed E-state index contributed by atoms with van der Waals surface area (Å²) >= 11 is 1.25. The summed E-state index contributed by atoms with van der Waals surface area (Å²) < 4.78 is 1.77. The van der Waals surface area contributed by atoms with Crippen LogP contribution >= 0.6 is 11.3 Å². The zero-order chi connectivity index (χ0) is 21.3. The third-order valence-corrected chi connectivity index (χ3v) is 6.52. The Morgan fingerprint density at radius 3 is 2.83 bits per heavy atom. The SMILES string of the molecule is CCNC(=O)c1cccc(NC(=O)c2sc3nc4n(c(=O)c3c2C)CCCCC4)c1. The van der Waals surface area contributed by atoms with E-state index in [0.29, 0.717) is 45.0 Å². The van der Waals surface area contributed by atoms with Gasteiger partial charge in [-0.25, -0.2) is 4.98 Å². The fourth-order valence-electron chi connectivity index (χ4n) is 3.82. The molecule has 0 unspecified atom stereocenters. The lowest BCUT2D eigenvalue weighted by Gasteiger charge is -2.08. The Labute approximate surface area is 178 Å². The van der Waals surface area contributed by atoms with E-state index in [1.165, 1.54) is 11.3 Å². The van der Waals surface area contributed by atoms with Crippen molar-refractivity contribution >= 4 is 39.1 Å². The van der Waals surface area contributed by atoms with Crippen LogP contribution in [0.1, 0.15) is 57.6 Å². The smallest absolute Gasteiger partial charge is 0.266 e. The molecule has 4 rings (SSSR count). The summed E-state index contributed by atoms with van der Waals surface area (Å²) in [5.74, 6) is 0.321. The zero-order valence-corrected chi connectivity index (χ0v) is 17.9. The fourth-order valence-corrected chi connectivity index (χ4v) is 4.90. The first-order valence-electron chi connectivity index (χ1n) is 10.2. The maximum absolute atomic E-state index is 13.1. The normalized spacial score (nSPS) is 13.5. The van der Waals surface area contributed by atoms with Gasteiger partial charge in [-0.2, -0.15) is 0 Å². The summed E-state index contributed by atoms with van der Waals surface area (Å²) in [5.41, 5.74) is 1.61. The summed E-state index contributed by atoms with van der Waals surface area (Å²) in [6, 6.07) is 6.80. The molecular formula is C22H24N4O3S. The molecule has 0 aliphatic carbocycles. The molecule has 7 nitrogen and oxygen atoms in total. The van der Waals surface area contributed by atoms with Gasteiger partial charge in [0.25, 0.3) is 17.4 Å². The minimum Gasteiger partial charge on any atom is -0.352 e. The average Bonchev–Trinajstić information content (AvgIpc) is 2.89. The van der Waals surface area contributed by atoms with Crippen LogP contribution in [0.25, 0.3) is 10.2 Å². The lowest BCUT2D eigenvalue weighted by Crippen LogP contribution is -2.24. The van der Waals surface area contributed by atoms with Crippen molar-refractivity contribution in [2.24, 2.45) is 0 Å². The average molecular weight is 425 g/mol. The Morgan fingerprint density at radius 1 is 1.20 bits per heavy atom. The summed E-state index contributed by atoms with van der Waals surface area (Å²) in [6.45, 7) is 4.86. The number of hydrogen-bond donors (Lipinski definition) is 2. The van der Waals surface area contributed by atoms with Crippen molar-refractivity contribution in [3.63, 3.8) is 0 Å². The number of rotatable bonds is 4. The molecule has 0 fully saturated rings. The summed E-state index contributed by atoms with van der Waals surface area (Å²) in [4.78, 5) is 43.9. The first kappa shape index (κ1) is 20.3. The molecule has 0 saturated carbocycles. The molecule has 0 spiro atoms. The van der Waals surface area contributed by atoms with Crippen LogP contribution in [0.15, 0.2) is 29.1 Å². The highest BCUT2D eigenvalue weighted by Crippen LogP contribution is 2.29. The number of anilines is 1. The van der Waals surface area contributed by atoms with E-state index in [2.05, 4.69) is 10.6 Å². The molecule has 8 heteroatoms. The summed E-state index contributed by atoms with van der Waals surface area (Å²) in [7, 11) is 0. The quantitative estimate of drug-likeness (QED) is 0.670. The van der Waals surface area contributed by atoms with E-state index in [0.717, 1.165) is 31.5 Å². The fraction of sp³-hybridized carbons (Fsp3) is 0.364. The maximum atomic E-state index is 13.1. The van der Waals surface area contributed by atoms with Crippen LogP contribution < -0.4 is 16.2 Å². The second-order valence-electron chi connectivity index (χ2n) is 7.43. The van der Waals surface area contributed by atoms with E-state index >= 15 is 0 Å². The predicted octanol–water partition coefficient (Wildman–Crippen LogP) is 3.49. The molecule has 0 bridgehead atoms. The van der Waals surface area contributed by atoms with Gasteiger partial charge in [0.15, 0.2) is 0 Å². The molecule has 2 amide bonds. The van der Waals surface area contributed by atoms with E-state index in [1.54, 1.807) is 35.8 Å². The molecule has 3 heterocycles. The molecule has 0 atom stereocenters. The van der Waals surface area contributed by atoms with E-state index in [-0.39, 0.29) is 17.4 Å². The number of fused-ring (bicyclic) bond motifs is 2. The second-order valence-corrected chi connectivity index (χ2v) is 8.43. The molecule has 2 N–H and O–H groups in total. The van der Waals surface area contributed by atoms with Crippen LogP contribution in [0.2, 0.25) is 0 Å². The van der Waals surface area contributed by atoms with Crippen LogP contribution in [0.3, 0.4) is 0 Å². The number of benzene rings is 1. The molecule has 1 aliphatic rings. The Balaban J connectivity index is 1.67. The highest BCUT2D eigenvalue weighted by atomic mass is 32.1. The minimum absolute atomic E-state index is 0.0528. The number of carbonyl (C=O) groups excluding carboxylic acids is 2. The number of carbonyl (C=O) groups is 2. The first-order valence-corrected chi connectivity index (χ1v) is 11.0. The van der Waals surface area contributed by atoms with E-state index in [4.69, 9.17) is 4.98 Å². The number of amides is 2.